The van der Waals surface area contributed by atoms with E-state index in [1.54, 1.807) is 11.3 Å². The zero-order valence-electron chi connectivity index (χ0n) is 16.7. The second kappa shape index (κ2) is 7.50. The van der Waals surface area contributed by atoms with Crippen LogP contribution in [0.4, 0.5) is 5.69 Å². The molecule has 5 rings (SSSR count). The van der Waals surface area contributed by atoms with E-state index in [1.165, 1.54) is 24.8 Å². The maximum Gasteiger partial charge on any atom is 0.258 e. The molecule has 0 unspecified atom stereocenters. The maximum atomic E-state index is 11.4. The first-order valence-electron chi connectivity index (χ1n) is 9.86. The van der Waals surface area contributed by atoms with Gasteiger partial charge >= 0.3 is 0 Å². The zero-order valence-corrected chi connectivity index (χ0v) is 17.5. The van der Waals surface area contributed by atoms with Gasteiger partial charge in [0.15, 0.2) is 0 Å². The predicted octanol–water partition coefficient (Wildman–Crippen LogP) is 5.67. The number of rotatable bonds is 5. The van der Waals surface area contributed by atoms with Crippen molar-refractivity contribution in [3.8, 4) is 34.1 Å². The van der Waals surface area contributed by atoms with Gasteiger partial charge in [0, 0.05) is 40.6 Å². The van der Waals surface area contributed by atoms with Gasteiger partial charge in [0.2, 0.25) is 11.7 Å². The summed E-state index contributed by atoms with van der Waals surface area (Å²) in [5.74, 6) is 1.48. The largest absolute Gasteiger partial charge is 0.334 e. The average Bonchev–Trinajstić information content (AvgIpc) is 3.26. The van der Waals surface area contributed by atoms with Crippen LogP contribution >= 0.6 is 11.3 Å². The van der Waals surface area contributed by atoms with E-state index in [2.05, 4.69) is 26.9 Å². The zero-order chi connectivity index (χ0) is 20.7. The Kier molecular flexibility index (Phi) is 4.67. The number of thiazole rings is 1. The normalized spacial score (nSPS) is 13.4. The molecule has 2 aromatic carbocycles. The second-order valence-electron chi connectivity index (χ2n) is 7.51. The number of nitrogens with one attached hydrogen (secondary N) is 1. The first-order valence-corrected chi connectivity index (χ1v) is 10.7. The van der Waals surface area contributed by atoms with Crippen molar-refractivity contribution in [2.75, 3.05) is 5.32 Å². The molecule has 7 heteroatoms. The number of hydrogen-bond donors (Lipinski definition) is 1. The van der Waals surface area contributed by atoms with Crippen molar-refractivity contribution < 1.29 is 9.32 Å². The number of hydrogen-bond acceptors (Lipinski definition) is 6. The summed E-state index contributed by atoms with van der Waals surface area (Å²) in [6, 6.07) is 13.7. The van der Waals surface area contributed by atoms with E-state index < -0.39 is 0 Å². The number of benzene rings is 2. The highest BCUT2D eigenvalue weighted by Gasteiger charge is 2.26. The molecule has 0 atom stereocenters. The Labute approximate surface area is 178 Å². The minimum Gasteiger partial charge on any atom is -0.334 e. The molecule has 0 saturated heterocycles. The van der Waals surface area contributed by atoms with Gasteiger partial charge in [-0.1, -0.05) is 29.4 Å². The van der Waals surface area contributed by atoms with E-state index in [-0.39, 0.29) is 5.91 Å². The minimum atomic E-state index is -0.120. The highest BCUT2D eigenvalue weighted by Crippen LogP contribution is 2.42. The lowest BCUT2D eigenvalue weighted by molar-refractivity contribution is -0.114. The van der Waals surface area contributed by atoms with Gasteiger partial charge in [-0.3, -0.25) is 4.79 Å². The molecule has 6 nitrogen and oxygen atoms in total. The summed E-state index contributed by atoms with van der Waals surface area (Å²) in [6.07, 6.45) is 2.50. The molecule has 1 aliphatic rings. The van der Waals surface area contributed by atoms with Crippen LogP contribution in [0.25, 0.3) is 34.1 Å². The van der Waals surface area contributed by atoms with Crippen LogP contribution in [0.15, 0.2) is 52.4 Å². The average molecular weight is 417 g/mol. The molecular formula is C23H20N4O2S. The number of carbonyl (C=O) groups is 1. The monoisotopic (exact) mass is 416 g/mol. The highest BCUT2D eigenvalue weighted by atomic mass is 32.1. The summed E-state index contributed by atoms with van der Waals surface area (Å²) in [5, 5.41) is 10.4. The summed E-state index contributed by atoms with van der Waals surface area (Å²) >= 11 is 1.73. The summed E-state index contributed by atoms with van der Waals surface area (Å²) < 4.78 is 5.55. The van der Waals surface area contributed by atoms with E-state index in [0.717, 1.165) is 33.6 Å². The number of aromatic nitrogens is 3. The first kappa shape index (κ1) is 18.7. The third kappa shape index (κ3) is 3.64. The SMILES string of the molecule is CC(=O)Nc1cccc(-c2nc(-c3cccc(-c4csc(C5CC5)n4)c3)no2)c1C. The number of amides is 1. The number of carbonyl (C=O) groups excluding carboxylic acids is 1. The molecule has 0 radical (unpaired) electrons. The Morgan fingerprint density at radius 2 is 1.93 bits per heavy atom. The second-order valence-corrected chi connectivity index (χ2v) is 8.40. The third-order valence-electron chi connectivity index (χ3n) is 5.17. The number of anilines is 1. The predicted molar refractivity (Wildman–Crippen MR) is 117 cm³/mol. The molecule has 1 aliphatic carbocycles. The minimum absolute atomic E-state index is 0.120. The van der Waals surface area contributed by atoms with Crippen LogP contribution in [0, 0.1) is 6.92 Å². The molecular weight excluding hydrogens is 396 g/mol. The van der Waals surface area contributed by atoms with E-state index in [4.69, 9.17) is 9.51 Å². The number of nitrogens with zero attached hydrogens (tertiary/aromatic N) is 3. The quantitative estimate of drug-likeness (QED) is 0.453. The molecule has 1 fully saturated rings. The van der Waals surface area contributed by atoms with Gasteiger partial charge in [-0.2, -0.15) is 4.98 Å². The molecule has 2 aromatic heterocycles. The standard InChI is InChI=1S/C23H20N4O2S/c1-13-18(7-4-8-19(13)24-14(2)28)22-26-21(27-29-22)17-6-3-5-16(11-17)20-12-30-23(25-20)15-9-10-15/h3-8,11-12,15H,9-10H2,1-2H3,(H,24,28). The summed E-state index contributed by atoms with van der Waals surface area (Å²) in [6.45, 7) is 3.41. The van der Waals surface area contributed by atoms with E-state index in [0.29, 0.717) is 17.6 Å². The van der Waals surface area contributed by atoms with Crippen molar-refractivity contribution in [1.82, 2.24) is 15.1 Å². The van der Waals surface area contributed by atoms with Gasteiger partial charge in [-0.25, -0.2) is 4.98 Å². The van der Waals surface area contributed by atoms with Gasteiger partial charge in [0.25, 0.3) is 5.89 Å². The van der Waals surface area contributed by atoms with Crippen molar-refractivity contribution in [3.05, 3.63) is 58.4 Å². The topological polar surface area (TPSA) is 80.9 Å². The van der Waals surface area contributed by atoms with Crippen LogP contribution in [0.5, 0.6) is 0 Å². The van der Waals surface area contributed by atoms with Crippen molar-refractivity contribution in [2.24, 2.45) is 0 Å². The van der Waals surface area contributed by atoms with Crippen LogP contribution in [0.1, 0.15) is 36.3 Å². The molecule has 30 heavy (non-hydrogen) atoms. The Bertz CT molecular complexity index is 1240. The smallest absolute Gasteiger partial charge is 0.258 e. The maximum absolute atomic E-state index is 11.4. The lowest BCUT2D eigenvalue weighted by atomic mass is 10.1. The fourth-order valence-corrected chi connectivity index (χ4v) is 4.40. The van der Waals surface area contributed by atoms with Crippen molar-refractivity contribution in [3.63, 3.8) is 0 Å². The molecule has 0 spiro atoms. The van der Waals surface area contributed by atoms with E-state index in [1.807, 2.05) is 43.3 Å². The van der Waals surface area contributed by atoms with Crippen LogP contribution < -0.4 is 5.32 Å². The molecule has 2 heterocycles. The lowest BCUT2D eigenvalue weighted by Gasteiger charge is -2.08. The highest BCUT2D eigenvalue weighted by molar-refractivity contribution is 7.10. The Morgan fingerprint density at radius 3 is 2.73 bits per heavy atom. The molecule has 1 saturated carbocycles. The van der Waals surface area contributed by atoms with Crippen molar-refractivity contribution >= 4 is 22.9 Å². The van der Waals surface area contributed by atoms with E-state index >= 15 is 0 Å². The Hall–Kier alpha value is -3.32. The van der Waals surface area contributed by atoms with Gasteiger partial charge in [-0.05, 0) is 43.5 Å². The van der Waals surface area contributed by atoms with Crippen molar-refractivity contribution in [2.45, 2.75) is 32.6 Å². The lowest BCUT2D eigenvalue weighted by Crippen LogP contribution is -2.07. The third-order valence-corrected chi connectivity index (χ3v) is 6.17. The summed E-state index contributed by atoms with van der Waals surface area (Å²) in [4.78, 5) is 20.8. The Morgan fingerprint density at radius 1 is 1.13 bits per heavy atom. The molecule has 0 bridgehead atoms. The van der Waals surface area contributed by atoms with Gasteiger partial charge in [0.05, 0.1) is 10.7 Å². The molecule has 4 aromatic rings. The van der Waals surface area contributed by atoms with Crippen LogP contribution in [-0.4, -0.2) is 21.0 Å². The fraction of sp³-hybridized carbons (Fsp3) is 0.217. The van der Waals surface area contributed by atoms with Crippen LogP contribution in [-0.2, 0) is 4.79 Å². The molecule has 150 valence electrons. The molecule has 0 aliphatic heterocycles. The Balaban J connectivity index is 1.45. The van der Waals surface area contributed by atoms with Gasteiger partial charge < -0.3 is 9.84 Å². The molecule has 1 amide bonds. The summed E-state index contributed by atoms with van der Waals surface area (Å²) in [5.41, 5.74) is 5.32. The van der Waals surface area contributed by atoms with E-state index in [9.17, 15) is 4.79 Å². The van der Waals surface area contributed by atoms with Gasteiger partial charge in [-0.15, -0.1) is 11.3 Å². The molecule has 1 N–H and O–H groups in total. The first-order chi connectivity index (χ1) is 14.6. The van der Waals surface area contributed by atoms with Crippen molar-refractivity contribution in [1.29, 1.82) is 0 Å². The fourth-order valence-electron chi connectivity index (χ4n) is 3.40. The van der Waals surface area contributed by atoms with Crippen LogP contribution in [0.2, 0.25) is 0 Å². The van der Waals surface area contributed by atoms with Crippen LogP contribution in [0.3, 0.4) is 0 Å². The summed E-state index contributed by atoms with van der Waals surface area (Å²) in [7, 11) is 0. The van der Waals surface area contributed by atoms with Gasteiger partial charge in [0.1, 0.15) is 0 Å².